The van der Waals surface area contributed by atoms with E-state index >= 15 is 0 Å². The molecule has 0 aliphatic carbocycles. The molecular weight excluding hydrogens is 504 g/mol. The van der Waals surface area contributed by atoms with Crippen molar-refractivity contribution in [3.63, 3.8) is 0 Å². The number of hydrogen-bond donors (Lipinski definition) is 0. The van der Waals surface area contributed by atoms with Crippen molar-refractivity contribution in [2.75, 3.05) is 4.90 Å². The first-order valence-electron chi connectivity index (χ1n) is 9.49. The lowest BCUT2D eigenvalue weighted by Crippen LogP contribution is -2.31. The van der Waals surface area contributed by atoms with Gasteiger partial charge in [-0.3, -0.25) is 14.7 Å². The van der Waals surface area contributed by atoms with Gasteiger partial charge in [-0.1, -0.05) is 29.0 Å². The minimum Gasteiger partial charge on any atom is -0.278 e. The molecule has 0 atom stereocenters. The van der Waals surface area contributed by atoms with Gasteiger partial charge in [-0.05, 0) is 48.5 Å². The molecule has 4 aromatic rings. The third-order valence-electron chi connectivity index (χ3n) is 4.70. The van der Waals surface area contributed by atoms with Crippen LogP contribution in [0.2, 0.25) is 5.02 Å². The van der Waals surface area contributed by atoms with E-state index in [-0.39, 0.29) is 17.7 Å². The molecule has 34 heavy (non-hydrogen) atoms. The van der Waals surface area contributed by atoms with E-state index < -0.39 is 35.0 Å². The van der Waals surface area contributed by atoms with Crippen LogP contribution < -0.4 is 4.90 Å². The number of nitrogens with zero attached hydrogens (tertiary/aromatic N) is 3. The Labute approximate surface area is 197 Å². The Bertz CT molecular complexity index is 1320. The predicted molar refractivity (Wildman–Crippen MR) is 116 cm³/mol. The molecule has 2 aromatic heterocycles. The molecule has 0 saturated heterocycles. The number of amides is 1. The van der Waals surface area contributed by atoms with Gasteiger partial charge in [0.2, 0.25) is 0 Å². The number of rotatable bonds is 4. The van der Waals surface area contributed by atoms with Crippen LogP contribution in [0, 0.1) is 0 Å². The number of anilines is 1. The van der Waals surface area contributed by atoms with Gasteiger partial charge in [0.05, 0.1) is 33.6 Å². The van der Waals surface area contributed by atoms with Crippen molar-refractivity contribution < 1.29 is 31.1 Å². The number of carbonyl (C=O) groups excluding carboxylic acids is 1. The van der Waals surface area contributed by atoms with E-state index in [9.17, 15) is 31.1 Å². The van der Waals surface area contributed by atoms with Crippen LogP contribution in [0.1, 0.15) is 27.2 Å². The molecule has 12 heteroatoms. The second-order valence-corrected chi connectivity index (χ2v) is 8.56. The van der Waals surface area contributed by atoms with Gasteiger partial charge in [0.1, 0.15) is 0 Å². The van der Waals surface area contributed by atoms with Crippen LogP contribution in [-0.4, -0.2) is 15.9 Å². The fourth-order valence-electron chi connectivity index (χ4n) is 3.12. The van der Waals surface area contributed by atoms with Gasteiger partial charge in [-0.15, -0.1) is 0 Å². The van der Waals surface area contributed by atoms with E-state index in [2.05, 4.69) is 9.97 Å². The number of pyridine rings is 1. The number of hydrogen-bond acceptors (Lipinski definition) is 4. The largest absolute Gasteiger partial charge is 0.416 e. The van der Waals surface area contributed by atoms with Gasteiger partial charge in [0.25, 0.3) is 5.91 Å². The lowest BCUT2D eigenvalue weighted by molar-refractivity contribution is -0.143. The fraction of sp³-hybridized carbons (Fsp3) is 0.136. The maximum absolute atomic E-state index is 13.4. The summed E-state index contributed by atoms with van der Waals surface area (Å²) in [5.74, 6) is -1.09. The summed E-state index contributed by atoms with van der Waals surface area (Å²) in [6, 6.07) is 10.3. The molecule has 0 spiro atoms. The average molecular weight is 516 g/mol. The summed E-state index contributed by atoms with van der Waals surface area (Å²) in [7, 11) is 0. The van der Waals surface area contributed by atoms with E-state index in [0.29, 0.717) is 33.1 Å². The first-order chi connectivity index (χ1) is 15.9. The molecule has 0 radical (unpaired) electrons. The van der Waals surface area contributed by atoms with Crippen molar-refractivity contribution in [3.8, 4) is 0 Å². The second kappa shape index (κ2) is 8.88. The molecular formula is C22H12ClF6N3OS. The first-order valence-corrected chi connectivity index (χ1v) is 10.7. The summed E-state index contributed by atoms with van der Waals surface area (Å²) in [5.41, 5.74) is -3.13. The predicted octanol–water partition coefficient (Wildman–Crippen LogP) is 7.23. The van der Waals surface area contributed by atoms with Gasteiger partial charge < -0.3 is 0 Å². The van der Waals surface area contributed by atoms with Gasteiger partial charge in [-0.25, -0.2) is 4.98 Å². The maximum atomic E-state index is 13.4. The molecule has 4 nitrogen and oxygen atoms in total. The van der Waals surface area contributed by atoms with E-state index in [4.69, 9.17) is 11.6 Å². The third kappa shape index (κ3) is 5.15. The molecule has 0 aliphatic rings. The highest BCUT2D eigenvalue weighted by Crippen LogP contribution is 2.38. The molecule has 1 amide bonds. The van der Waals surface area contributed by atoms with Crippen LogP contribution in [0.5, 0.6) is 0 Å². The number of halogens is 7. The van der Waals surface area contributed by atoms with Crippen molar-refractivity contribution in [1.29, 1.82) is 0 Å². The molecule has 0 N–H and O–H groups in total. The minimum atomic E-state index is -5.09. The van der Waals surface area contributed by atoms with Crippen molar-refractivity contribution in [3.05, 3.63) is 88.2 Å². The van der Waals surface area contributed by atoms with Crippen LogP contribution >= 0.6 is 22.9 Å². The van der Waals surface area contributed by atoms with Crippen LogP contribution in [-0.2, 0) is 18.9 Å². The molecule has 0 bridgehead atoms. The Kier molecular flexibility index (Phi) is 6.26. The van der Waals surface area contributed by atoms with Crippen molar-refractivity contribution in [2.24, 2.45) is 0 Å². The smallest absolute Gasteiger partial charge is 0.278 e. The summed E-state index contributed by atoms with van der Waals surface area (Å²) >= 11 is 7.01. The summed E-state index contributed by atoms with van der Waals surface area (Å²) in [5, 5.41) is 0.469. The molecule has 4 rings (SSSR count). The zero-order valence-electron chi connectivity index (χ0n) is 16.8. The lowest BCUT2D eigenvalue weighted by Gasteiger charge is -2.21. The van der Waals surface area contributed by atoms with Crippen LogP contribution in [0.25, 0.3) is 10.2 Å². The molecule has 0 fully saturated rings. The SMILES string of the molecule is O=C(c1cc(C(F)(F)F)cc(C(F)(F)F)c1)N(Cc1ccccn1)c1nc2ccc(Cl)cc2s1. The molecule has 0 unspecified atom stereocenters. The van der Waals surface area contributed by atoms with Crippen LogP contribution in [0.4, 0.5) is 31.5 Å². The summed E-state index contributed by atoms with van der Waals surface area (Å²) in [6.45, 7) is -0.231. The average Bonchev–Trinajstić information content (AvgIpc) is 3.19. The molecule has 0 saturated carbocycles. The van der Waals surface area contributed by atoms with Gasteiger partial charge in [-0.2, -0.15) is 26.3 Å². The standard InChI is InChI=1S/C22H12ClF6N3OS/c23-15-4-5-17-18(10-15)34-20(31-17)32(11-16-3-1-2-6-30-16)19(33)12-7-13(21(24,25)26)9-14(8-12)22(27,28)29/h1-10H,11H2. The molecule has 2 heterocycles. The Hall–Kier alpha value is -3.18. The normalized spacial score (nSPS) is 12.2. The highest BCUT2D eigenvalue weighted by Gasteiger charge is 2.38. The van der Waals surface area contributed by atoms with Gasteiger partial charge >= 0.3 is 12.4 Å². The Morgan fingerprint density at radius 2 is 1.62 bits per heavy atom. The number of thiazole rings is 1. The lowest BCUT2D eigenvalue weighted by atomic mass is 10.0. The maximum Gasteiger partial charge on any atom is 0.416 e. The molecule has 176 valence electrons. The number of carbonyl (C=O) groups is 1. The zero-order chi connectivity index (χ0) is 24.7. The fourth-order valence-corrected chi connectivity index (χ4v) is 4.36. The molecule has 0 aliphatic heterocycles. The van der Waals surface area contributed by atoms with E-state index in [1.165, 1.54) is 6.20 Å². The number of benzene rings is 2. The van der Waals surface area contributed by atoms with Gasteiger partial charge in [0, 0.05) is 16.8 Å². The highest BCUT2D eigenvalue weighted by atomic mass is 35.5. The highest BCUT2D eigenvalue weighted by molar-refractivity contribution is 7.22. The Balaban J connectivity index is 1.85. The quantitative estimate of drug-likeness (QED) is 0.269. The summed E-state index contributed by atoms with van der Waals surface area (Å²) in [4.78, 5) is 22.8. The van der Waals surface area contributed by atoms with Gasteiger partial charge in [0.15, 0.2) is 5.13 Å². The number of alkyl halides is 6. The van der Waals surface area contributed by atoms with Crippen molar-refractivity contribution in [2.45, 2.75) is 18.9 Å². The second-order valence-electron chi connectivity index (χ2n) is 7.12. The Morgan fingerprint density at radius 1 is 0.941 bits per heavy atom. The first kappa shape index (κ1) is 24.0. The monoisotopic (exact) mass is 515 g/mol. The molecule has 2 aromatic carbocycles. The summed E-state index contributed by atoms with van der Waals surface area (Å²) < 4.78 is 80.5. The minimum absolute atomic E-state index is 0.0282. The summed E-state index contributed by atoms with van der Waals surface area (Å²) in [6.07, 6.45) is -8.73. The third-order valence-corrected chi connectivity index (χ3v) is 5.97. The van der Waals surface area contributed by atoms with Crippen molar-refractivity contribution in [1.82, 2.24) is 9.97 Å². The number of fused-ring (bicyclic) bond motifs is 1. The Morgan fingerprint density at radius 3 is 2.21 bits per heavy atom. The van der Waals surface area contributed by atoms with E-state index in [0.717, 1.165) is 16.2 Å². The number of aromatic nitrogens is 2. The van der Waals surface area contributed by atoms with Crippen LogP contribution in [0.15, 0.2) is 60.8 Å². The van der Waals surface area contributed by atoms with E-state index in [1.54, 1.807) is 36.4 Å². The van der Waals surface area contributed by atoms with Crippen molar-refractivity contribution >= 4 is 44.2 Å². The van der Waals surface area contributed by atoms with Crippen LogP contribution in [0.3, 0.4) is 0 Å². The van der Waals surface area contributed by atoms with E-state index in [1.807, 2.05) is 0 Å². The zero-order valence-corrected chi connectivity index (χ0v) is 18.4. The topological polar surface area (TPSA) is 46.1 Å².